The molecular formula is C24H26ClFN6O2. The highest BCUT2D eigenvalue weighted by atomic mass is 35.5. The van der Waals surface area contributed by atoms with Gasteiger partial charge in [-0.25, -0.2) is 14.4 Å². The van der Waals surface area contributed by atoms with E-state index in [4.69, 9.17) is 11.6 Å². The third-order valence-corrected chi connectivity index (χ3v) is 6.15. The fourth-order valence-corrected chi connectivity index (χ4v) is 4.07. The van der Waals surface area contributed by atoms with Gasteiger partial charge in [0.2, 0.25) is 5.91 Å². The second-order valence-corrected chi connectivity index (χ2v) is 8.47. The maximum absolute atomic E-state index is 14.0. The zero-order chi connectivity index (χ0) is 23.9. The summed E-state index contributed by atoms with van der Waals surface area (Å²) in [7, 11) is 0. The van der Waals surface area contributed by atoms with Crippen LogP contribution in [0.4, 0.5) is 10.2 Å². The van der Waals surface area contributed by atoms with Crippen LogP contribution in [-0.2, 0) is 17.8 Å². The number of pyridine rings is 1. The number of hydrogen-bond donors (Lipinski definition) is 1. The summed E-state index contributed by atoms with van der Waals surface area (Å²) in [5.74, 6) is -0.0292. The number of benzene rings is 1. The van der Waals surface area contributed by atoms with E-state index in [0.29, 0.717) is 38.3 Å². The van der Waals surface area contributed by atoms with Crippen LogP contribution in [0.15, 0.2) is 55.2 Å². The molecule has 10 heteroatoms. The van der Waals surface area contributed by atoms with Crippen molar-refractivity contribution in [1.29, 1.82) is 0 Å². The Hall–Kier alpha value is -3.46. The van der Waals surface area contributed by atoms with Gasteiger partial charge in [-0.05, 0) is 30.7 Å². The Balaban J connectivity index is 1.23. The zero-order valence-corrected chi connectivity index (χ0v) is 19.4. The van der Waals surface area contributed by atoms with Crippen LogP contribution >= 0.6 is 11.6 Å². The number of amides is 2. The van der Waals surface area contributed by atoms with Gasteiger partial charge in [0.15, 0.2) is 0 Å². The summed E-state index contributed by atoms with van der Waals surface area (Å²) in [4.78, 5) is 37.2. The van der Waals surface area contributed by atoms with Crippen LogP contribution in [0.1, 0.15) is 22.3 Å². The number of aromatic nitrogens is 3. The van der Waals surface area contributed by atoms with Gasteiger partial charge in [-0.3, -0.25) is 9.59 Å². The molecule has 1 aliphatic heterocycles. The Labute approximate surface area is 202 Å². The van der Waals surface area contributed by atoms with Crippen molar-refractivity contribution in [3.63, 3.8) is 0 Å². The molecule has 34 heavy (non-hydrogen) atoms. The number of rotatable bonds is 8. The molecule has 8 nitrogen and oxygen atoms in total. The van der Waals surface area contributed by atoms with E-state index in [9.17, 15) is 14.0 Å². The summed E-state index contributed by atoms with van der Waals surface area (Å²) in [5, 5.41) is 3.16. The standard InChI is InChI=1S/C24H26ClFN6O2/c25-20-3-1-4-21(26)19(20)15-23(33)32-13-11-31(12-14-32)22-6-5-18(16-29-22)24(34)28-7-2-9-30-10-8-27-17-30/h1,3-6,8,10,16-17H,2,7,9,11-15H2,(H,28,34). The van der Waals surface area contributed by atoms with Gasteiger partial charge >= 0.3 is 0 Å². The van der Waals surface area contributed by atoms with Gasteiger partial charge in [-0.1, -0.05) is 17.7 Å². The van der Waals surface area contributed by atoms with Crippen LogP contribution in [-0.4, -0.2) is 64.0 Å². The number of carbonyl (C=O) groups excluding carboxylic acids is 2. The summed E-state index contributed by atoms with van der Waals surface area (Å²) >= 11 is 6.05. The van der Waals surface area contributed by atoms with Gasteiger partial charge in [0.05, 0.1) is 18.3 Å². The van der Waals surface area contributed by atoms with Gasteiger partial charge in [-0.2, -0.15) is 0 Å². The lowest BCUT2D eigenvalue weighted by molar-refractivity contribution is -0.130. The molecule has 1 fully saturated rings. The van der Waals surface area contributed by atoms with E-state index in [1.165, 1.54) is 12.1 Å². The first kappa shape index (κ1) is 23.7. The molecule has 1 aliphatic rings. The molecule has 0 atom stereocenters. The van der Waals surface area contributed by atoms with Crippen LogP contribution in [0.25, 0.3) is 0 Å². The number of anilines is 1. The highest BCUT2D eigenvalue weighted by Crippen LogP contribution is 2.21. The molecule has 0 aliphatic carbocycles. The largest absolute Gasteiger partial charge is 0.353 e. The van der Waals surface area contributed by atoms with Crippen LogP contribution in [0.3, 0.4) is 0 Å². The summed E-state index contributed by atoms with van der Waals surface area (Å²) in [6.07, 6.45) is 7.68. The first-order valence-corrected chi connectivity index (χ1v) is 11.5. The lowest BCUT2D eigenvalue weighted by atomic mass is 10.1. The summed E-state index contributed by atoms with van der Waals surface area (Å²) < 4.78 is 16.0. The Morgan fingerprint density at radius 2 is 1.94 bits per heavy atom. The first-order chi connectivity index (χ1) is 16.5. The van der Waals surface area contributed by atoms with E-state index in [2.05, 4.69) is 20.2 Å². The molecule has 0 radical (unpaired) electrons. The number of halogens is 2. The van der Waals surface area contributed by atoms with Crippen molar-refractivity contribution >= 4 is 29.2 Å². The minimum absolute atomic E-state index is 0.0596. The van der Waals surface area contributed by atoms with E-state index in [1.807, 2.05) is 16.8 Å². The Bertz CT molecular complexity index is 1090. The van der Waals surface area contributed by atoms with Gasteiger partial charge in [0.25, 0.3) is 5.91 Å². The molecule has 0 spiro atoms. The fraction of sp³-hybridized carbons (Fsp3) is 0.333. The van der Waals surface area contributed by atoms with E-state index < -0.39 is 5.82 Å². The van der Waals surface area contributed by atoms with Crippen LogP contribution < -0.4 is 10.2 Å². The van der Waals surface area contributed by atoms with Crippen LogP contribution in [0, 0.1) is 5.82 Å². The third kappa shape index (κ3) is 5.91. The van der Waals surface area contributed by atoms with Gasteiger partial charge < -0.3 is 19.7 Å². The molecule has 2 aromatic heterocycles. The molecule has 0 saturated carbocycles. The quantitative estimate of drug-likeness (QED) is 0.497. The van der Waals surface area contributed by atoms with Crippen molar-refractivity contribution < 1.29 is 14.0 Å². The van der Waals surface area contributed by atoms with Crippen molar-refractivity contribution in [2.45, 2.75) is 19.4 Å². The summed E-state index contributed by atoms with van der Waals surface area (Å²) in [5.41, 5.74) is 0.732. The van der Waals surface area contributed by atoms with Crippen LogP contribution in [0.5, 0.6) is 0 Å². The minimum Gasteiger partial charge on any atom is -0.353 e. The number of nitrogens with zero attached hydrogens (tertiary/aromatic N) is 5. The van der Waals surface area contributed by atoms with Crippen molar-refractivity contribution in [3.8, 4) is 0 Å². The average molecular weight is 485 g/mol. The lowest BCUT2D eigenvalue weighted by Crippen LogP contribution is -2.49. The maximum Gasteiger partial charge on any atom is 0.252 e. The lowest BCUT2D eigenvalue weighted by Gasteiger charge is -2.35. The second-order valence-electron chi connectivity index (χ2n) is 8.06. The zero-order valence-electron chi connectivity index (χ0n) is 18.7. The van der Waals surface area contributed by atoms with Gasteiger partial charge in [0.1, 0.15) is 11.6 Å². The minimum atomic E-state index is -0.467. The Morgan fingerprint density at radius 1 is 1.12 bits per heavy atom. The average Bonchev–Trinajstić information content (AvgIpc) is 3.38. The smallest absolute Gasteiger partial charge is 0.252 e. The summed E-state index contributed by atoms with van der Waals surface area (Å²) in [6.45, 7) is 3.57. The molecule has 3 heterocycles. The molecule has 0 unspecified atom stereocenters. The van der Waals surface area contributed by atoms with Crippen LogP contribution in [0.2, 0.25) is 5.02 Å². The number of aryl methyl sites for hydroxylation is 1. The first-order valence-electron chi connectivity index (χ1n) is 11.2. The van der Waals surface area contributed by atoms with E-state index in [-0.39, 0.29) is 28.8 Å². The predicted octanol–water partition coefficient (Wildman–Crippen LogP) is 2.78. The fourth-order valence-electron chi connectivity index (χ4n) is 3.84. The monoisotopic (exact) mass is 484 g/mol. The van der Waals surface area contributed by atoms with E-state index in [1.54, 1.807) is 35.8 Å². The molecule has 1 N–H and O–H groups in total. The molecule has 0 bridgehead atoms. The number of nitrogens with one attached hydrogen (secondary N) is 1. The SMILES string of the molecule is O=C(NCCCn1ccnc1)c1ccc(N2CCN(C(=O)Cc3c(F)cccc3Cl)CC2)nc1. The number of hydrogen-bond acceptors (Lipinski definition) is 5. The van der Waals surface area contributed by atoms with Crippen molar-refractivity contribution in [2.75, 3.05) is 37.6 Å². The molecular weight excluding hydrogens is 459 g/mol. The second kappa shape index (κ2) is 11.1. The van der Waals surface area contributed by atoms with Crippen molar-refractivity contribution in [1.82, 2.24) is 24.8 Å². The van der Waals surface area contributed by atoms with E-state index >= 15 is 0 Å². The third-order valence-electron chi connectivity index (χ3n) is 5.79. The highest BCUT2D eigenvalue weighted by molar-refractivity contribution is 6.31. The number of imidazole rings is 1. The predicted molar refractivity (Wildman–Crippen MR) is 127 cm³/mol. The molecule has 2 amide bonds. The maximum atomic E-state index is 14.0. The molecule has 3 aromatic rings. The Kier molecular flexibility index (Phi) is 7.74. The van der Waals surface area contributed by atoms with Crippen molar-refractivity contribution in [2.24, 2.45) is 0 Å². The summed E-state index contributed by atoms with van der Waals surface area (Å²) in [6, 6.07) is 7.99. The normalized spacial score (nSPS) is 13.7. The van der Waals surface area contributed by atoms with Gasteiger partial charge in [0, 0.05) is 68.4 Å². The topological polar surface area (TPSA) is 83.4 Å². The van der Waals surface area contributed by atoms with E-state index in [0.717, 1.165) is 18.8 Å². The Morgan fingerprint density at radius 3 is 2.62 bits per heavy atom. The molecule has 178 valence electrons. The van der Waals surface area contributed by atoms with Gasteiger partial charge in [-0.15, -0.1) is 0 Å². The van der Waals surface area contributed by atoms with Crippen molar-refractivity contribution in [3.05, 3.63) is 77.2 Å². The molecule has 1 aromatic carbocycles. The number of carbonyl (C=O) groups is 2. The highest BCUT2D eigenvalue weighted by Gasteiger charge is 2.23. The molecule has 4 rings (SSSR count). The molecule has 1 saturated heterocycles. The number of piperazine rings is 1.